The molecule has 0 aliphatic carbocycles. The molecule has 2 rings (SSSR count). The lowest BCUT2D eigenvalue weighted by molar-refractivity contribution is -0.137. The van der Waals surface area contributed by atoms with E-state index in [9.17, 15) is 4.79 Å². The first-order valence-electron chi connectivity index (χ1n) is 5.82. The predicted octanol–water partition coefficient (Wildman–Crippen LogP) is 3.20. The number of anilines is 1. The Morgan fingerprint density at radius 2 is 2.35 bits per heavy atom. The first-order chi connectivity index (χ1) is 8.08. The molecule has 1 aliphatic heterocycles. The third kappa shape index (κ3) is 2.80. The average Bonchev–Trinajstić information content (AvgIpc) is 2.69. The maximum Gasteiger partial charge on any atom is 0.305 e. The van der Waals surface area contributed by atoms with E-state index in [0.717, 1.165) is 29.5 Å². The van der Waals surface area contributed by atoms with Crippen LogP contribution in [0.2, 0.25) is 0 Å². The normalized spacial score (nSPS) is 19.6. The molecular formula is C13H16BrNO2. The molecule has 0 radical (unpaired) electrons. The quantitative estimate of drug-likeness (QED) is 0.931. The Bertz CT molecular complexity index is 433. The van der Waals surface area contributed by atoms with Gasteiger partial charge >= 0.3 is 5.97 Å². The molecule has 1 atom stereocenters. The van der Waals surface area contributed by atoms with Crippen LogP contribution >= 0.6 is 15.9 Å². The molecule has 0 saturated carbocycles. The highest BCUT2D eigenvalue weighted by Crippen LogP contribution is 2.30. The first kappa shape index (κ1) is 12.4. The lowest BCUT2D eigenvalue weighted by Crippen LogP contribution is -2.31. The number of hydrogen-bond acceptors (Lipinski definition) is 2. The monoisotopic (exact) mass is 297 g/mol. The van der Waals surface area contributed by atoms with Gasteiger partial charge in [-0.2, -0.15) is 0 Å². The summed E-state index contributed by atoms with van der Waals surface area (Å²) in [6.45, 7) is 3.01. The van der Waals surface area contributed by atoms with Crippen LogP contribution in [0.3, 0.4) is 0 Å². The number of carbonyl (C=O) groups is 1. The second-order valence-electron chi connectivity index (χ2n) is 4.52. The number of halogens is 1. The Morgan fingerprint density at radius 3 is 3.00 bits per heavy atom. The first-order valence-corrected chi connectivity index (χ1v) is 6.62. The zero-order chi connectivity index (χ0) is 12.4. The van der Waals surface area contributed by atoms with Crippen LogP contribution in [0.25, 0.3) is 0 Å². The molecule has 1 aliphatic rings. The molecule has 1 fully saturated rings. The molecular weight excluding hydrogens is 282 g/mol. The van der Waals surface area contributed by atoms with Crippen LogP contribution in [0.1, 0.15) is 24.8 Å². The molecule has 1 aromatic carbocycles. The summed E-state index contributed by atoms with van der Waals surface area (Å²) in [7, 11) is 0. The number of aliphatic carboxylic acids is 1. The van der Waals surface area contributed by atoms with E-state index in [4.69, 9.17) is 5.11 Å². The van der Waals surface area contributed by atoms with Crippen LogP contribution in [0.4, 0.5) is 5.69 Å². The van der Waals surface area contributed by atoms with Crippen LogP contribution < -0.4 is 4.90 Å². The fraction of sp³-hybridized carbons (Fsp3) is 0.462. The minimum Gasteiger partial charge on any atom is -0.481 e. The molecule has 0 amide bonds. The molecule has 0 aromatic heterocycles. The van der Waals surface area contributed by atoms with Crippen molar-refractivity contribution < 1.29 is 9.90 Å². The van der Waals surface area contributed by atoms with Crippen LogP contribution in [0.5, 0.6) is 0 Å². The number of carboxylic acid groups (broad SMARTS) is 1. The van der Waals surface area contributed by atoms with E-state index in [2.05, 4.69) is 39.9 Å². The largest absolute Gasteiger partial charge is 0.481 e. The van der Waals surface area contributed by atoms with Gasteiger partial charge in [0.2, 0.25) is 0 Å². The Kier molecular flexibility index (Phi) is 3.72. The van der Waals surface area contributed by atoms with Crippen molar-refractivity contribution in [3.05, 3.63) is 28.2 Å². The standard InChI is InChI=1S/C13H16BrNO2/c1-9-7-11(4-5-12(9)14)15-6-2-3-10(15)8-13(16)17/h4-5,7,10H,2-3,6,8H2,1H3,(H,16,17). The van der Waals surface area contributed by atoms with E-state index in [1.54, 1.807) is 0 Å². The summed E-state index contributed by atoms with van der Waals surface area (Å²) in [6.07, 6.45) is 2.28. The lowest BCUT2D eigenvalue weighted by Gasteiger charge is -2.26. The molecule has 92 valence electrons. The van der Waals surface area contributed by atoms with Crippen molar-refractivity contribution in [3.63, 3.8) is 0 Å². The predicted molar refractivity (Wildman–Crippen MR) is 71.5 cm³/mol. The van der Waals surface area contributed by atoms with E-state index in [1.807, 2.05) is 6.07 Å². The fourth-order valence-corrected chi connectivity index (χ4v) is 2.64. The van der Waals surface area contributed by atoms with Crippen LogP contribution in [-0.4, -0.2) is 23.7 Å². The number of rotatable bonds is 3. The van der Waals surface area contributed by atoms with Crippen molar-refractivity contribution in [2.45, 2.75) is 32.2 Å². The van der Waals surface area contributed by atoms with Gasteiger partial charge in [-0.1, -0.05) is 15.9 Å². The molecule has 1 aromatic rings. The van der Waals surface area contributed by atoms with Crippen molar-refractivity contribution in [1.82, 2.24) is 0 Å². The van der Waals surface area contributed by atoms with Crippen molar-refractivity contribution in [3.8, 4) is 0 Å². The number of aryl methyl sites for hydroxylation is 1. The molecule has 1 heterocycles. The number of carboxylic acids is 1. The number of hydrogen-bond donors (Lipinski definition) is 1. The molecule has 1 unspecified atom stereocenters. The van der Waals surface area contributed by atoms with E-state index < -0.39 is 5.97 Å². The van der Waals surface area contributed by atoms with E-state index in [0.29, 0.717) is 0 Å². The number of benzene rings is 1. The van der Waals surface area contributed by atoms with Gasteiger partial charge in [-0.25, -0.2) is 0 Å². The zero-order valence-corrected chi connectivity index (χ0v) is 11.4. The van der Waals surface area contributed by atoms with Gasteiger partial charge in [0.25, 0.3) is 0 Å². The van der Waals surface area contributed by atoms with Gasteiger partial charge in [-0.05, 0) is 43.5 Å². The summed E-state index contributed by atoms with van der Waals surface area (Å²) in [5.41, 5.74) is 2.32. The van der Waals surface area contributed by atoms with Crippen molar-refractivity contribution in [2.24, 2.45) is 0 Å². The summed E-state index contributed by atoms with van der Waals surface area (Å²) >= 11 is 3.48. The molecule has 1 N–H and O–H groups in total. The SMILES string of the molecule is Cc1cc(N2CCCC2CC(=O)O)ccc1Br. The Labute approximate surface area is 110 Å². The molecule has 0 spiro atoms. The Balaban J connectivity index is 2.20. The van der Waals surface area contributed by atoms with Gasteiger partial charge in [-0.3, -0.25) is 4.79 Å². The average molecular weight is 298 g/mol. The van der Waals surface area contributed by atoms with Crippen LogP contribution in [0.15, 0.2) is 22.7 Å². The zero-order valence-electron chi connectivity index (χ0n) is 9.82. The van der Waals surface area contributed by atoms with Gasteiger partial charge < -0.3 is 10.0 Å². The summed E-state index contributed by atoms with van der Waals surface area (Å²) < 4.78 is 1.09. The Morgan fingerprint density at radius 1 is 1.59 bits per heavy atom. The highest BCUT2D eigenvalue weighted by molar-refractivity contribution is 9.10. The van der Waals surface area contributed by atoms with E-state index in [-0.39, 0.29) is 12.5 Å². The van der Waals surface area contributed by atoms with E-state index >= 15 is 0 Å². The van der Waals surface area contributed by atoms with Crippen molar-refractivity contribution >= 4 is 27.6 Å². The molecule has 17 heavy (non-hydrogen) atoms. The second-order valence-corrected chi connectivity index (χ2v) is 5.38. The van der Waals surface area contributed by atoms with Gasteiger partial charge in [0, 0.05) is 22.7 Å². The van der Waals surface area contributed by atoms with Gasteiger partial charge in [0.05, 0.1) is 6.42 Å². The molecule has 0 bridgehead atoms. The third-order valence-corrected chi connectivity index (χ3v) is 4.15. The highest BCUT2D eigenvalue weighted by Gasteiger charge is 2.26. The molecule has 1 saturated heterocycles. The summed E-state index contributed by atoms with van der Waals surface area (Å²) in [5, 5.41) is 8.90. The second kappa shape index (κ2) is 5.08. The van der Waals surface area contributed by atoms with Crippen molar-refractivity contribution in [2.75, 3.05) is 11.4 Å². The van der Waals surface area contributed by atoms with Crippen LogP contribution in [-0.2, 0) is 4.79 Å². The third-order valence-electron chi connectivity index (χ3n) is 3.26. The molecule has 3 nitrogen and oxygen atoms in total. The van der Waals surface area contributed by atoms with Gasteiger partial charge in [0.1, 0.15) is 0 Å². The minimum atomic E-state index is -0.712. The summed E-state index contributed by atoms with van der Waals surface area (Å²) in [4.78, 5) is 13.0. The maximum atomic E-state index is 10.8. The van der Waals surface area contributed by atoms with Gasteiger partial charge in [0.15, 0.2) is 0 Å². The van der Waals surface area contributed by atoms with Gasteiger partial charge in [-0.15, -0.1) is 0 Å². The maximum absolute atomic E-state index is 10.8. The van der Waals surface area contributed by atoms with Crippen LogP contribution in [0, 0.1) is 6.92 Å². The topological polar surface area (TPSA) is 40.5 Å². The summed E-state index contributed by atoms with van der Waals surface area (Å²) in [5.74, 6) is -0.712. The lowest BCUT2D eigenvalue weighted by atomic mass is 10.1. The highest BCUT2D eigenvalue weighted by atomic mass is 79.9. The molecule has 4 heteroatoms. The minimum absolute atomic E-state index is 0.146. The Hall–Kier alpha value is -1.03. The van der Waals surface area contributed by atoms with E-state index in [1.165, 1.54) is 5.56 Å². The fourth-order valence-electron chi connectivity index (χ4n) is 2.40. The number of nitrogens with zero attached hydrogens (tertiary/aromatic N) is 1. The van der Waals surface area contributed by atoms with Crippen molar-refractivity contribution in [1.29, 1.82) is 0 Å². The smallest absolute Gasteiger partial charge is 0.305 e. The summed E-state index contributed by atoms with van der Waals surface area (Å²) in [6, 6.07) is 6.34.